The van der Waals surface area contributed by atoms with Gasteiger partial charge in [0.1, 0.15) is 0 Å². The summed E-state index contributed by atoms with van der Waals surface area (Å²) < 4.78 is 4.91. The van der Waals surface area contributed by atoms with E-state index in [1.165, 1.54) is 0 Å². The summed E-state index contributed by atoms with van der Waals surface area (Å²) in [6.07, 6.45) is 3.30. The summed E-state index contributed by atoms with van der Waals surface area (Å²) in [5.41, 5.74) is 7.12. The summed E-state index contributed by atoms with van der Waals surface area (Å²) in [7, 11) is 0. The Kier molecular flexibility index (Phi) is 2.68. The second-order valence-electron chi connectivity index (χ2n) is 2.60. The van der Waals surface area contributed by atoms with Crippen LogP contribution in [0.4, 0.5) is 0 Å². The Morgan fingerprint density at radius 1 is 1.64 bits per heavy atom. The van der Waals surface area contributed by atoms with E-state index in [0.717, 1.165) is 11.1 Å². The Hall–Kier alpha value is -0.800. The van der Waals surface area contributed by atoms with Gasteiger partial charge >= 0.3 is 0 Å². The molecule has 0 amide bonds. The van der Waals surface area contributed by atoms with E-state index in [4.69, 9.17) is 10.2 Å². The summed E-state index contributed by atoms with van der Waals surface area (Å²) in [5.74, 6) is 0. The lowest BCUT2D eigenvalue weighted by atomic mass is 10.1. The molecule has 0 aliphatic rings. The molecular formula is C8H13NO2. The Morgan fingerprint density at radius 3 is 2.82 bits per heavy atom. The predicted octanol–water partition coefficient (Wildman–Crippen LogP) is 0.970. The van der Waals surface area contributed by atoms with E-state index in [0.29, 0.717) is 13.0 Å². The summed E-state index contributed by atoms with van der Waals surface area (Å²) in [5, 5.41) is 9.45. The Balaban J connectivity index is 2.67. The van der Waals surface area contributed by atoms with Gasteiger partial charge in [-0.15, -0.1) is 0 Å². The highest BCUT2D eigenvalue weighted by Crippen LogP contribution is 2.20. The zero-order valence-electron chi connectivity index (χ0n) is 6.58. The number of hydrogen-bond acceptors (Lipinski definition) is 3. The topological polar surface area (TPSA) is 59.4 Å². The fourth-order valence-electron chi connectivity index (χ4n) is 1.03. The number of hydrogen-bond donors (Lipinski definition) is 2. The lowest BCUT2D eigenvalue weighted by molar-refractivity contribution is 0.169. The van der Waals surface area contributed by atoms with Crippen LogP contribution < -0.4 is 5.73 Å². The molecule has 0 radical (unpaired) electrons. The van der Waals surface area contributed by atoms with E-state index >= 15 is 0 Å². The number of rotatable bonds is 3. The minimum absolute atomic E-state index is 0.473. The van der Waals surface area contributed by atoms with E-state index in [1.54, 1.807) is 12.5 Å². The maximum absolute atomic E-state index is 9.45. The largest absolute Gasteiger partial charge is 0.472 e. The van der Waals surface area contributed by atoms with E-state index in [9.17, 15) is 5.11 Å². The molecule has 3 N–H and O–H groups in total. The smallest absolute Gasteiger partial charge is 0.0963 e. The molecule has 0 aliphatic heterocycles. The van der Waals surface area contributed by atoms with Crippen LogP contribution in [0.2, 0.25) is 0 Å². The molecule has 11 heavy (non-hydrogen) atoms. The number of furan rings is 1. The molecule has 3 heteroatoms. The van der Waals surface area contributed by atoms with Crippen molar-refractivity contribution in [1.82, 2.24) is 0 Å². The van der Waals surface area contributed by atoms with E-state index in [1.807, 2.05) is 6.92 Å². The van der Waals surface area contributed by atoms with Crippen molar-refractivity contribution < 1.29 is 9.52 Å². The van der Waals surface area contributed by atoms with Gasteiger partial charge in [-0.2, -0.15) is 0 Å². The Bertz CT molecular complexity index is 220. The molecular weight excluding hydrogens is 142 g/mol. The molecule has 3 nitrogen and oxygen atoms in total. The average Bonchev–Trinajstić information content (AvgIpc) is 2.36. The minimum atomic E-state index is -0.473. The molecule has 1 rings (SSSR count). The van der Waals surface area contributed by atoms with Gasteiger partial charge in [0, 0.05) is 5.56 Å². The Morgan fingerprint density at radius 2 is 2.36 bits per heavy atom. The van der Waals surface area contributed by atoms with Crippen molar-refractivity contribution in [3.8, 4) is 0 Å². The molecule has 0 saturated carbocycles. The second kappa shape index (κ2) is 3.55. The first-order valence-electron chi connectivity index (χ1n) is 3.66. The first kappa shape index (κ1) is 8.30. The summed E-state index contributed by atoms with van der Waals surface area (Å²) in [6.45, 7) is 2.39. The maximum Gasteiger partial charge on any atom is 0.0963 e. The molecule has 62 valence electrons. The van der Waals surface area contributed by atoms with E-state index < -0.39 is 6.10 Å². The molecule has 1 atom stereocenters. The molecule has 1 aromatic rings. The number of aliphatic hydroxyl groups is 1. The number of aliphatic hydroxyl groups excluding tert-OH is 1. The van der Waals surface area contributed by atoms with Crippen LogP contribution in [-0.2, 0) is 0 Å². The average molecular weight is 155 g/mol. The van der Waals surface area contributed by atoms with Crippen LogP contribution in [0.3, 0.4) is 0 Å². The number of aryl methyl sites for hydroxylation is 1. The lowest BCUT2D eigenvalue weighted by Crippen LogP contribution is -2.06. The zero-order chi connectivity index (χ0) is 8.27. The van der Waals surface area contributed by atoms with Crippen molar-refractivity contribution in [2.75, 3.05) is 6.54 Å². The minimum Gasteiger partial charge on any atom is -0.472 e. The van der Waals surface area contributed by atoms with Crippen LogP contribution in [-0.4, -0.2) is 11.7 Å². The van der Waals surface area contributed by atoms with Crippen molar-refractivity contribution in [2.24, 2.45) is 5.73 Å². The maximum atomic E-state index is 9.45. The van der Waals surface area contributed by atoms with Crippen LogP contribution in [0, 0.1) is 6.92 Å². The molecule has 0 bridgehead atoms. The molecule has 1 unspecified atom stereocenters. The van der Waals surface area contributed by atoms with Crippen molar-refractivity contribution in [3.63, 3.8) is 0 Å². The van der Waals surface area contributed by atoms with Crippen LogP contribution in [0.5, 0.6) is 0 Å². The fourth-order valence-corrected chi connectivity index (χ4v) is 1.03. The summed E-state index contributed by atoms with van der Waals surface area (Å²) >= 11 is 0. The van der Waals surface area contributed by atoms with Gasteiger partial charge in [-0.1, -0.05) is 0 Å². The van der Waals surface area contributed by atoms with Gasteiger partial charge in [-0.3, -0.25) is 0 Å². The van der Waals surface area contributed by atoms with Crippen molar-refractivity contribution >= 4 is 0 Å². The Labute approximate surface area is 65.8 Å². The SMILES string of the molecule is Cc1cocc1C(O)CCN. The third kappa shape index (κ3) is 1.82. The van der Waals surface area contributed by atoms with Gasteiger partial charge in [0.05, 0.1) is 18.6 Å². The lowest BCUT2D eigenvalue weighted by Gasteiger charge is -2.06. The standard InChI is InChI=1S/C8H13NO2/c1-6-4-11-5-7(6)8(10)2-3-9/h4-5,8,10H,2-3,9H2,1H3. The normalized spacial score (nSPS) is 13.4. The molecule has 0 saturated heterocycles. The van der Waals surface area contributed by atoms with Crippen LogP contribution in [0.25, 0.3) is 0 Å². The third-order valence-electron chi connectivity index (χ3n) is 1.69. The van der Waals surface area contributed by atoms with Crippen molar-refractivity contribution in [2.45, 2.75) is 19.4 Å². The highest BCUT2D eigenvalue weighted by atomic mass is 16.3. The van der Waals surface area contributed by atoms with Crippen molar-refractivity contribution in [1.29, 1.82) is 0 Å². The second-order valence-corrected chi connectivity index (χ2v) is 2.60. The first-order chi connectivity index (χ1) is 5.25. The molecule has 0 aromatic carbocycles. The van der Waals surface area contributed by atoms with E-state index in [2.05, 4.69) is 0 Å². The molecule has 0 fully saturated rings. The molecule has 1 aromatic heterocycles. The van der Waals surface area contributed by atoms with Gasteiger partial charge < -0.3 is 15.3 Å². The first-order valence-corrected chi connectivity index (χ1v) is 3.66. The molecule has 1 heterocycles. The third-order valence-corrected chi connectivity index (χ3v) is 1.69. The fraction of sp³-hybridized carbons (Fsp3) is 0.500. The molecule has 0 spiro atoms. The highest BCUT2D eigenvalue weighted by Gasteiger charge is 2.10. The van der Waals surface area contributed by atoms with Crippen LogP contribution in [0.1, 0.15) is 23.7 Å². The van der Waals surface area contributed by atoms with Gasteiger partial charge in [0.15, 0.2) is 0 Å². The molecule has 0 aliphatic carbocycles. The monoisotopic (exact) mass is 155 g/mol. The predicted molar refractivity (Wildman–Crippen MR) is 42.1 cm³/mol. The van der Waals surface area contributed by atoms with Crippen LogP contribution in [0.15, 0.2) is 16.9 Å². The highest BCUT2D eigenvalue weighted by molar-refractivity contribution is 5.21. The van der Waals surface area contributed by atoms with E-state index in [-0.39, 0.29) is 0 Å². The van der Waals surface area contributed by atoms with Gasteiger partial charge in [-0.25, -0.2) is 0 Å². The van der Waals surface area contributed by atoms with Crippen molar-refractivity contribution in [3.05, 3.63) is 23.7 Å². The number of nitrogens with two attached hydrogens (primary N) is 1. The summed E-state index contributed by atoms with van der Waals surface area (Å²) in [6, 6.07) is 0. The van der Waals surface area contributed by atoms with Crippen LogP contribution >= 0.6 is 0 Å². The zero-order valence-corrected chi connectivity index (χ0v) is 6.58. The summed E-state index contributed by atoms with van der Waals surface area (Å²) in [4.78, 5) is 0. The van der Waals surface area contributed by atoms with Gasteiger partial charge in [-0.05, 0) is 25.5 Å². The van der Waals surface area contributed by atoms with Gasteiger partial charge in [0.2, 0.25) is 0 Å². The van der Waals surface area contributed by atoms with Gasteiger partial charge in [0.25, 0.3) is 0 Å². The quantitative estimate of drug-likeness (QED) is 0.683.